The number of nitrogens with zero attached hydrogens (tertiary/aromatic N) is 8. The van der Waals surface area contributed by atoms with Gasteiger partial charge in [0.25, 0.3) is 23.6 Å². The summed E-state index contributed by atoms with van der Waals surface area (Å²) in [4.78, 5) is 120. The van der Waals surface area contributed by atoms with Crippen molar-refractivity contribution in [1.82, 2.24) is 34.8 Å². The molecule has 9 rings (SSSR count). The van der Waals surface area contributed by atoms with Crippen LogP contribution in [0.4, 0.5) is 29.0 Å². The molecule has 12 atom stereocenters. The lowest BCUT2D eigenvalue weighted by Crippen LogP contribution is -2.46. The zero-order valence-corrected chi connectivity index (χ0v) is 44.1. The van der Waals surface area contributed by atoms with Gasteiger partial charge >= 0.3 is 35.4 Å². The van der Waals surface area contributed by atoms with E-state index in [0.717, 1.165) is 22.9 Å². The third-order valence-electron chi connectivity index (χ3n) is 12.6. The molecule has 3 unspecified atom stereocenters. The summed E-state index contributed by atoms with van der Waals surface area (Å²) in [5.41, 5.74) is 17.9. The average Bonchev–Trinajstić information content (AvgIpc) is 4.34. The minimum atomic E-state index is -5.52. The van der Waals surface area contributed by atoms with Crippen molar-refractivity contribution in [2.45, 2.75) is 74.0 Å². The van der Waals surface area contributed by atoms with Gasteiger partial charge < -0.3 is 92.2 Å². The molecular formula is C41H52N14O23P3+. The van der Waals surface area contributed by atoms with Crippen molar-refractivity contribution in [2.24, 2.45) is 5.73 Å². The molecule has 3 saturated heterocycles. The molecule has 4 aromatic heterocycles. The first kappa shape index (κ1) is 60.0. The van der Waals surface area contributed by atoms with Crippen LogP contribution in [-0.2, 0) is 50.6 Å². The Bertz CT molecular complexity index is 3390. The summed E-state index contributed by atoms with van der Waals surface area (Å²) < 4.78 is 68.4. The lowest BCUT2D eigenvalue weighted by molar-refractivity contribution is -0.765. The van der Waals surface area contributed by atoms with Crippen molar-refractivity contribution >= 4 is 87.3 Å². The van der Waals surface area contributed by atoms with Crippen molar-refractivity contribution in [3.63, 3.8) is 0 Å². The van der Waals surface area contributed by atoms with Gasteiger partial charge in [-0.15, -0.1) is 0 Å². The Hall–Kier alpha value is -7.15. The Labute approximate surface area is 453 Å². The van der Waals surface area contributed by atoms with E-state index in [2.05, 4.69) is 44.4 Å². The molecular weight excluding hydrogens is 1150 g/mol. The third kappa shape index (κ3) is 14.1. The van der Waals surface area contributed by atoms with Crippen LogP contribution < -0.4 is 47.8 Å². The predicted octanol–water partition coefficient (Wildman–Crippen LogP) is -3.42. The number of aliphatic carboxylic acids is 2. The van der Waals surface area contributed by atoms with Gasteiger partial charge in [0.15, 0.2) is 42.0 Å². The number of amides is 2. The molecule has 81 heavy (non-hydrogen) atoms. The van der Waals surface area contributed by atoms with Gasteiger partial charge in [0.1, 0.15) is 59.7 Å². The number of fused-ring (bicyclic) bond motifs is 4. The predicted molar refractivity (Wildman–Crippen MR) is 269 cm³/mol. The molecule has 0 radical (unpaired) electrons. The second-order valence-electron chi connectivity index (χ2n) is 18.1. The third-order valence-corrected chi connectivity index (χ3v) is 15.7. The number of aromatic nitrogens is 7. The number of hydrogen-bond donors (Lipinski definition) is 15. The van der Waals surface area contributed by atoms with Crippen LogP contribution in [0.1, 0.15) is 46.0 Å². The number of carbonyl (C=O) groups is 4. The molecule has 2 amide bonds. The number of hydrogen-bond acceptors (Lipinski definition) is 26. The van der Waals surface area contributed by atoms with Crippen LogP contribution >= 0.6 is 23.5 Å². The number of aliphatic hydroxyl groups excluding tert-OH is 3. The number of carbonyl (C=O) groups excluding carboxylic acids is 2. The lowest BCUT2D eigenvalue weighted by atomic mass is 10.1. The van der Waals surface area contributed by atoms with E-state index in [4.69, 9.17) is 40.8 Å². The highest BCUT2D eigenvalue weighted by molar-refractivity contribution is 7.61. The molecule has 0 bridgehead atoms. The number of pyridine rings is 1. The molecule has 18 N–H and O–H groups in total. The van der Waals surface area contributed by atoms with Gasteiger partial charge in [-0.25, -0.2) is 33.4 Å². The molecule has 0 aliphatic carbocycles. The van der Waals surface area contributed by atoms with Gasteiger partial charge in [0.2, 0.25) is 5.95 Å². The first-order chi connectivity index (χ1) is 38.1. The fraction of sp³-hybridized carbons (Fsp3) is 0.415. The Balaban J connectivity index is 0.000000227. The van der Waals surface area contributed by atoms with Crippen LogP contribution in [0.25, 0.3) is 11.2 Å². The van der Waals surface area contributed by atoms with Crippen LogP contribution in [0.3, 0.4) is 0 Å². The number of nitrogens with one attached hydrogen (secondary N) is 3. The summed E-state index contributed by atoms with van der Waals surface area (Å²) in [6.45, 7) is -0.365. The highest BCUT2D eigenvalue weighted by Crippen LogP contribution is 2.61. The van der Waals surface area contributed by atoms with E-state index in [9.17, 15) is 77.7 Å². The number of benzene rings is 1. The summed E-state index contributed by atoms with van der Waals surface area (Å²) in [6.07, 6.45) is -8.97. The van der Waals surface area contributed by atoms with E-state index in [1.807, 2.05) is 9.80 Å². The maximum Gasteiger partial charge on any atom is 0.481 e. The van der Waals surface area contributed by atoms with E-state index in [1.165, 1.54) is 29.1 Å². The van der Waals surface area contributed by atoms with Crippen LogP contribution in [0, 0.1) is 0 Å². The Morgan fingerprint density at radius 2 is 1.58 bits per heavy atom. The van der Waals surface area contributed by atoms with Gasteiger partial charge in [-0.3, -0.25) is 42.3 Å². The second kappa shape index (κ2) is 24.1. The molecule has 438 valence electrons. The second-order valence-corrected chi connectivity index (χ2v) is 22.4. The number of aromatic amines is 1. The van der Waals surface area contributed by atoms with Crippen molar-refractivity contribution in [3.8, 4) is 0 Å². The quantitative estimate of drug-likeness (QED) is 0.0266. The number of primary amides is 1. The van der Waals surface area contributed by atoms with Crippen LogP contribution in [-0.4, -0.2) is 180 Å². The fourth-order valence-electron chi connectivity index (χ4n) is 8.84. The molecule has 37 nitrogen and oxygen atoms in total. The topological polar surface area (TPSA) is 559 Å². The number of imidazole rings is 1. The van der Waals surface area contributed by atoms with Gasteiger partial charge in [0, 0.05) is 36.8 Å². The molecule has 0 spiro atoms. The standard InChI is InChI=1S/C21H28N7O17P3.C20H23N7O6/c22-17-12-19(25-7-24-17)28(8-26-12)21-16(44-46(33,34)35)14(30)11(43-21)6-41-48(38,39)45-47(36,37)40-5-10-13(29)15(31)20(42-10)27-3-1-2-9(4-27)18(23)32;21-20-24-16-15(18(31)25-20)27-9-26(8-12(27)7-22-16)11-3-1-10(2-4-11)17(30)23-13(19(32)33)5-6-14(28)29/h1-4,7-8,10-11,13-16,20-21,29-31H,5-6H2,(H7-,22,23,24,25,32,33,34,35,36,37,38,39);1-4,12-13H,5-9H2,(H,23,30)(H,28,29)(H,32,33)(H4,21,22,24,25,31)/p+1/t10-,11-,13-,14-,15-,16-,20-,21-;12-,13?/m11/s1. The lowest BCUT2D eigenvalue weighted by Gasteiger charge is -2.31. The molecule has 5 aromatic rings. The highest BCUT2D eigenvalue weighted by Gasteiger charge is 2.52. The van der Waals surface area contributed by atoms with E-state index in [0.29, 0.717) is 31.3 Å². The first-order valence-corrected chi connectivity index (χ1v) is 28.1. The van der Waals surface area contributed by atoms with Crippen LogP contribution in [0.5, 0.6) is 0 Å². The number of H-pyrrole nitrogens is 1. The summed E-state index contributed by atoms with van der Waals surface area (Å²) in [5, 5.41) is 55.0. The number of ether oxygens (including phenoxy) is 2. The number of anilines is 5. The zero-order chi connectivity index (χ0) is 58.9. The average molecular weight is 1200 g/mol. The summed E-state index contributed by atoms with van der Waals surface area (Å²) in [5.74, 6) is -3.40. The van der Waals surface area contributed by atoms with Crippen molar-refractivity contribution < 1.29 is 110 Å². The highest BCUT2D eigenvalue weighted by atomic mass is 31.3. The molecule has 4 aliphatic heterocycles. The van der Waals surface area contributed by atoms with Crippen LogP contribution in [0.15, 0.2) is 66.2 Å². The smallest absolute Gasteiger partial charge is 0.481 e. The van der Waals surface area contributed by atoms with E-state index in [-0.39, 0.29) is 58.5 Å². The van der Waals surface area contributed by atoms with Crippen LogP contribution in [0.2, 0.25) is 0 Å². The monoisotopic (exact) mass is 1200 g/mol. The molecule has 1 aromatic carbocycles. The molecule has 40 heteroatoms. The summed E-state index contributed by atoms with van der Waals surface area (Å²) in [6, 6.07) is 8.14. The maximum atomic E-state index is 12.6. The molecule has 0 saturated carbocycles. The number of carboxylic acid groups (broad SMARTS) is 2. The SMILES string of the molecule is NC(=O)c1ccc[n+]([C@@H]2O[C@H](COP(=O)(O)OP(=O)(O)OC[C@H]3O[C@@H](n4cnc5c(N)ncnc54)[C@H](OP(=O)(O)O)[C@@H]3O)[C@@H](O)[C@H]2O)c1.Nc1nc2c(c(=O)[nH]1)N1CN(c3ccc(C(=O)NC(CCC(=O)O)C(=O)O)cc3)C[C@H]1CN2. The molecule has 3 fully saturated rings. The minimum absolute atomic E-state index is 0.00286. The van der Waals surface area contributed by atoms with Crippen molar-refractivity contribution in [3.05, 3.63) is 82.9 Å². The Kier molecular flexibility index (Phi) is 17.9. The molecule has 4 aliphatic rings. The number of nitrogen functional groups attached to an aromatic ring is 2. The van der Waals surface area contributed by atoms with Gasteiger partial charge in [-0.1, -0.05) is 0 Å². The van der Waals surface area contributed by atoms with E-state index < -0.39 is 116 Å². The Morgan fingerprint density at radius 1 is 0.901 bits per heavy atom. The normalized spacial score (nSPS) is 25.1. The van der Waals surface area contributed by atoms with E-state index in [1.54, 1.807) is 24.3 Å². The number of phosphoric ester groups is 3. The van der Waals surface area contributed by atoms with Gasteiger partial charge in [-0.05, 0) is 36.8 Å². The number of nitrogens with two attached hydrogens (primary N) is 3. The van der Waals surface area contributed by atoms with Crippen molar-refractivity contribution in [2.75, 3.05) is 59.6 Å². The molecule has 8 heterocycles. The minimum Gasteiger partial charge on any atom is -0.481 e. The summed E-state index contributed by atoms with van der Waals surface area (Å²) in [7, 11) is -16.3. The van der Waals surface area contributed by atoms with Gasteiger partial charge in [0.05, 0.1) is 32.3 Å². The maximum absolute atomic E-state index is 12.6. The number of phosphoric acid groups is 3. The first-order valence-electron chi connectivity index (χ1n) is 23.6. The number of aliphatic hydroxyl groups is 3. The van der Waals surface area contributed by atoms with Crippen molar-refractivity contribution in [1.29, 1.82) is 0 Å². The largest absolute Gasteiger partial charge is 0.481 e. The Morgan fingerprint density at radius 3 is 2.22 bits per heavy atom. The van der Waals surface area contributed by atoms with E-state index >= 15 is 0 Å². The fourth-order valence-corrected chi connectivity index (χ4v) is 11.5. The number of rotatable bonds is 20. The van der Waals surface area contributed by atoms with Gasteiger partial charge in [-0.2, -0.15) is 13.9 Å². The zero-order valence-electron chi connectivity index (χ0n) is 41.4. The number of carboxylic acids is 2. The summed E-state index contributed by atoms with van der Waals surface area (Å²) >= 11 is 0.